The van der Waals surface area contributed by atoms with Crippen molar-refractivity contribution in [3.8, 4) is 0 Å². The fourth-order valence-corrected chi connectivity index (χ4v) is 2.66. The topological polar surface area (TPSA) is 45.8 Å². The molecule has 0 aliphatic carbocycles. The predicted molar refractivity (Wildman–Crippen MR) is 68.5 cm³/mol. The molecule has 0 bridgehead atoms. The van der Waals surface area contributed by atoms with Gasteiger partial charge < -0.3 is 4.98 Å². The first-order valence-electron chi connectivity index (χ1n) is 4.78. The second-order valence-corrected chi connectivity index (χ2v) is 5.00. The fourth-order valence-electron chi connectivity index (χ4n) is 1.23. The Morgan fingerprint density at radius 3 is 3.00 bits per heavy atom. The predicted octanol–water partition coefficient (Wildman–Crippen LogP) is 2.96. The molecule has 1 heterocycles. The van der Waals surface area contributed by atoms with Gasteiger partial charge in [0.1, 0.15) is 5.82 Å². The van der Waals surface area contributed by atoms with Crippen LogP contribution >= 0.6 is 27.7 Å². The molecular formula is C11H8BrFN2OS. The lowest BCUT2D eigenvalue weighted by atomic mass is 10.2. The van der Waals surface area contributed by atoms with Crippen molar-refractivity contribution in [3.05, 3.63) is 56.7 Å². The molecule has 0 saturated heterocycles. The van der Waals surface area contributed by atoms with E-state index in [0.29, 0.717) is 15.4 Å². The van der Waals surface area contributed by atoms with Crippen LogP contribution in [0.3, 0.4) is 0 Å². The van der Waals surface area contributed by atoms with Crippen LogP contribution < -0.4 is 5.56 Å². The van der Waals surface area contributed by atoms with E-state index < -0.39 is 0 Å². The molecule has 0 unspecified atom stereocenters. The van der Waals surface area contributed by atoms with Gasteiger partial charge in [0.15, 0.2) is 5.16 Å². The number of halogens is 2. The van der Waals surface area contributed by atoms with Gasteiger partial charge in [0, 0.05) is 18.0 Å². The normalized spacial score (nSPS) is 10.5. The summed E-state index contributed by atoms with van der Waals surface area (Å²) in [7, 11) is 0. The van der Waals surface area contributed by atoms with Crippen LogP contribution in [-0.4, -0.2) is 9.97 Å². The van der Waals surface area contributed by atoms with Gasteiger partial charge in [0.2, 0.25) is 0 Å². The van der Waals surface area contributed by atoms with Gasteiger partial charge >= 0.3 is 0 Å². The van der Waals surface area contributed by atoms with Crippen LogP contribution in [0.5, 0.6) is 0 Å². The van der Waals surface area contributed by atoms with Gasteiger partial charge in [-0.25, -0.2) is 9.37 Å². The van der Waals surface area contributed by atoms with E-state index in [4.69, 9.17) is 0 Å². The Kier molecular flexibility index (Phi) is 3.96. The Morgan fingerprint density at radius 1 is 1.41 bits per heavy atom. The van der Waals surface area contributed by atoms with Gasteiger partial charge in [-0.05, 0) is 27.6 Å². The molecular weight excluding hydrogens is 307 g/mol. The van der Waals surface area contributed by atoms with Gasteiger partial charge in [0.05, 0.1) is 4.47 Å². The van der Waals surface area contributed by atoms with E-state index >= 15 is 0 Å². The summed E-state index contributed by atoms with van der Waals surface area (Å²) in [5.74, 6) is 0.239. The SMILES string of the molecule is O=c1ccnc(SCc2cccc(F)c2Br)[nH]1. The molecule has 0 atom stereocenters. The highest BCUT2D eigenvalue weighted by molar-refractivity contribution is 9.10. The third-order valence-electron chi connectivity index (χ3n) is 2.04. The average Bonchev–Trinajstić information content (AvgIpc) is 2.31. The minimum absolute atomic E-state index is 0.194. The zero-order chi connectivity index (χ0) is 12.3. The number of thioether (sulfide) groups is 1. The van der Waals surface area contributed by atoms with Gasteiger partial charge in [-0.1, -0.05) is 23.9 Å². The molecule has 0 saturated carbocycles. The molecule has 1 N–H and O–H groups in total. The molecule has 0 fully saturated rings. The monoisotopic (exact) mass is 314 g/mol. The minimum Gasteiger partial charge on any atom is -0.301 e. The molecule has 1 aromatic heterocycles. The van der Waals surface area contributed by atoms with Crippen LogP contribution in [0.4, 0.5) is 4.39 Å². The second kappa shape index (κ2) is 5.46. The average molecular weight is 315 g/mol. The van der Waals surface area contributed by atoms with Crippen molar-refractivity contribution in [2.75, 3.05) is 0 Å². The Hall–Kier alpha value is -1.14. The smallest absolute Gasteiger partial charge is 0.251 e. The lowest BCUT2D eigenvalue weighted by molar-refractivity contribution is 0.619. The third-order valence-corrected chi connectivity index (χ3v) is 3.87. The Morgan fingerprint density at radius 2 is 2.24 bits per heavy atom. The molecule has 3 nitrogen and oxygen atoms in total. The molecule has 0 spiro atoms. The highest BCUT2D eigenvalue weighted by Gasteiger charge is 2.06. The molecule has 88 valence electrons. The first-order valence-corrected chi connectivity index (χ1v) is 6.55. The molecule has 2 rings (SSSR count). The van der Waals surface area contributed by atoms with E-state index in [9.17, 15) is 9.18 Å². The first kappa shape index (κ1) is 12.3. The number of hydrogen-bond acceptors (Lipinski definition) is 3. The summed E-state index contributed by atoms with van der Waals surface area (Å²) in [6, 6.07) is 6.21. The molecule has 0 aliphatic rings. The zero-order valence-electron chi connectivity index (χ0n) is 8.61. The summed E-state index contributed by atoms with van der Waals surface area (Å²) < 4.78 is 13.7. The maximum absolute atomic E-state index is 13.2. The third kappa shape index (κ3) is 3.17. The second-order valence-electron chi connectivity index (χ2n) is 3.24. The Bertz CT molecular complexity index is 588. The number of nitrogens with one attached hydrogen (secondary N) is 1. The van der Waals surface area contributed by atoms with Crippen molar-refractivity contribution < 1.29 is 4.39 Å². The molecule has 1 aromatic carbocycles. The first-order chi connectivity index (χ1) is 8.16. The highest BCUT2D eigenvalue weighted by atomic mass is 79.9. The van der Waals surface area contributed by atoms with Crippen molar-refractivity contribution in [2.45, 2.75) is 10.9 Å². The van der Waals surface area contributed by atoms with E-state index in [1.54, 1.807) is 6.07 Å². The zero-order valence-corrected chi connectivity index (χ0v) is 11.0. The number of rotatable bonds is 3. The number of aromatic amines is 1. The number of H-pyrrole nitrogens is 1. The standard InChI is InChI=1S/C11H8BrFN2OS/c12-10-7(2-1-3-8(10)13)6-17-11-14-5-4-9(16)15-11/h1-5H,6H2,(H,14,15,16). The van der Waals surface area contributed by atoms with Gasteiger partial charge in [-0.3, -0.25) is 4.79 Å². The van der Waals surface area contributed by atoms with E-state index in [0.717, 1.165) is 5.56 Å². The Balaban J connectivity index is 2.13. The Labute approximate surface area is 110 Å². The maximum Gasteiger partial charge on any atom is 0.251 e. The van der Waals surface area contributed by atoms with E-state index in [1.165, 1.54) is 30.1 Å². The van der Waals surface area contributed by atoms with Crippen molar-refractivity contribution in [1.82, 2.24) is 9.97 Å². The number of hydrogen-bond donors (Lipinski definition) is 1. The lowest BCUT2D eigenvalue weighted by Gasteiger charge is -2.04. The lowest BCUT2D eigenvalue weighted by Crippen LogP contribution is -2.05. The van der Waals surface area contributed by atoms with Gasteiger partial charge in [-0.15, -0.1) is 0 Å². The minimum atomic E-state index is -0.294. The summed E-state index contributed by atoms with van der Waals surface area (Å²) in [5, 5.41) is 0.522. The summed E-state index contributed by atoms with van der Waals surface area (Å²) in [5.41, 5.74) is 0.627. The molecule has 2 aromatic rings. The molecule has 6 heteroatoms. The quantitative estimate of drug-likeness (QED) is 0.700. The number of aromatic nitrogens is 2. The molecule has 0 amide bonds. The van der Waals surface area contributed by atoms with Crippen LogP contribution in [0.25, 0.3) is 0 Å². The largest absolute Gasteiger partial charge is 0.301 e. The number of nitrogens with zero attached hydrogens (tertiary/aromatic N) is 1. The van der Waals surface area contributed by atoms with Crippen LogP contribution in [0.1, 0.15) is 5.56 Å². The van der Waals surface area contributed by atoms with Crippen molar-refractivity contribution in [1.29, 1.82) is 0 Å². The summed E-state index contributed by atoms with van der Waals surface area (Å²) in [6.45, 7) is 0. The van der Waals surface area contributed by atoms with Gasteiger partial charge in [-0.2, -0.15) is 0 Å². The molecule has 0 aliphatic heterocycles. The van der Waals surface area contributed by atoms with Crippen LogP contribution in [-0.2, 0) is 5.75 Å². The van der Waals surface area contributed by atoms with Crippen LogP contribution in [0.15, 0.2) is 44.9 Å². The van der Waals surface area contributed by atoms with Crippen LogP contribution in [0.2, 0.25) is 0 Å². The fraction of sp³-hybridized carbons (Fsp3) is 0.0909. The number of benzene rings is 1. The summed E-state index contributed by atoms with van der Waals surface area (Å²) in [4.78, 5) is 17.6. The summed E-state index contributed by atoms with van der Waals surface area (Å²) >= 11 is 4.53. The van der Waals surface area contributed by atoms with E-state index in [1.807, 2.05) is 6.07 Å². The van der Waals surface area contributed by atoms with Crippen molar-refractivity contribution >= 4 is 27.7 Å². The van der Waals surface area contributed by atoms with E-state index in [-0.39, 0.29) is 11.4 Å². The highest BCUT2D eigenvalue weighted by Crippen LogP contribution is 2.26. The summed E-state index contributed by atoms with van der Waals surface area (Å²) in [6.07, 6.45) is 1.45. The molecule has 0 radical (unpaired) electrons. The van der Waals surface area contributed by atoms with E-state index in [2.05, 4.69) is 25.9 Å². The van der Waals surface area contributed by atoms with Gasteiger partial charge in [0.25, 0.3) is 5.56 Å². The van der Waals surface area contributed by atoms with Crippen molar-refractivity contribution in [3.63, 3.8) is 0 Å². The van der Waals surface area contributed by atoms with Crippen molar-refractivity contribution in [2.24, 2.45) is 0 Å². The molecule has 17 heavy (non-hydrogen) atoms. The van der Waals surface area contributed by atoms with Crippen LogP contribution in [0, 0.1) is 5.82 Å². The maximum atomic E-state index is 13.2.